The van der Waals surface area contributed by atoms with E-state index in [1.165, 1.54) is 0 Å². The van der Waals surface area contributed by atoms with Crippen LogP contribution in [0.5, 0.6) is 0 Å². The van der Waals surface area contributed by atoms with Crippen LogP contribution in [0.25, 0.3) is 11.3 Å². The van der Waals surface area contributed by atoms with Gasteiger partial charge >= 0.3 is 0 Å². The van der Waals surface area contributed by atoms with E-state index in [9.17, 15) is 4.79 Å². The molecule has 1 saturated heterocycles. The third-order valence-corrected chi connectivity index (χ3v) is 4.85. The number of fused-ring (bicyclic) bond motifs is 2. The number of hydrogen-bond donors (Lipinski definition) is 2. The van der Waals surface area contributed by atoms with Crippen LogP contribution < -0.4 is 10.6 Å². The van der Waals surface area contributed by atoms with Crippen LogP contribution in [-0.4, -0.2) is 24.5 Å². The molecule has 2 N–H and O–H groups in total. The van der Waals surface area contributed by atoms with E-state index < -0.39 is 0 Å². The van der Waals surface area contributed by atoms with Gasteiger partial charge in [0.25, 0.3) is 5.91 Å². The van der Waals surface area contributed by atoms with Crippen LogP contribution in [0.2, 0.25) is 5.02 Å². The lowest BCUT2D eigenvalue weighted by Gasteiger charge is -2.22. The lowest BCUT2D eigenvalue weighted by atomic mass is 10.0. The van der Waals surface area contributed by atoms with E-state index in [0.717, 1.165) is 24.9 Å². The summed E-state index contributed by atoms with van der Waals surface area (Å²) in [6, 6.07) is 11.8. The highest BCUT2D eigenvalue weighted by atomic mass is 35.5. The number of carbonyl (C=O) groups is 1. The summed E-state index contributed by atoms with van der Waals surface area (Å²) in [7, 11) is 0. The van der Waals surface area contributed by atoms with Gasteiger partial charge in [0, 0.05) is 29.2 Å². The van der Waals surface area contributed by atoms with Crippen molar-refractivity contribution in [3.8, 4) is 11.3 Å². The average molecular weight is 317 g/mol. The minimum atomic E-state index is -0.133. The maximum Gasteiger partial charge on any atom is 0.287 e. The summed E-state index contributed by atoms with van der Waals surface area (Å²) in [4.78, 5) is 12.3. The molecule has 1 aliphatic carbocycles. The molecule has 1 aromatic carbocycles. The number of rotatable bonds is 3. The molecule has 0 spiro atoms. The van der Waals surface area contributed by atoms with Crippen molar-refractivity contribution in [3.63, 3.8) is 0 Å². The Kier molecular flexibility index (Phi) is 3.43. The lowest BCUT2D eigenvalue weighted by molar-refractivity contribution is 0.0897. The smallest absolute Gasteiger partial charge is 0.287 e. The molecule has 1 amide bonds. The Bertz CT molecular complexity index is 712. The molecule has 114 valence electrons. The molecule has 22 heavy (non-hydrogen) atoms. The maximum absolute atomic E-state index is 12.3. The Morgan fingerprint density at radius 3 is 2.91 bits per heavy atom. The number of piperidine rings is 1. The standard InChI is InChI=1S/C17H17ClN2O2/c18-12-3-1-2-10(6-12)15-4-5-16(22-15)17(21)20-14-8-13-7-11(14)9-19-13/h1-6,11,13-14,19H,7-9H2,(H,20,21). The molecule has 2 heterocycles. The summed E-state index contributed by atoms with van der Waals surface area (Å²) >= 11 is 5.99. The third kappa shape index (κ3) is 2.53. The Labute approximate surface area is 133 Å². The molecule has 4 nitrogen and oxygen atoms in total. The number of nitrogens with one attached hydrogen (secondary N) is 2. The number of carbonyl (C=O) groups excluding carboxylic acids is 1. The topological polar surface area (TPSA) is 54.3 Å². The lowest BCUT2D eigenvalue weighted by Crippen LogP contribution is -2.44. The van der Waals surface area contributed by atoms with Crippen molar-refractivity contribution in [2.45, 2.75) is 24.9 Å². The normalized spacial score (nSPS) is 26.3. The summed E-state index contributed by atoms with van der Waals surface area (Å²) in [5.41, 5.74) is 0.871. The molecular weight excluding hydrogens is 300 g/mol. The fourth-order valence-corrected chi connectivity index (χ4v) is 3.70. The maximum atomic E-state index is 12.3. The van der Waals surface area contributed by atoms with Gasteiger partial charge in [0.2, 0.25) is 0 Å². The third-order valence-electron chi connectivity index (χ3n) is 4.62. The van der Waals surface area contributed by atoms with Crippen LogP contribution in [-0.2, 0) is 0 Å². The van der Waals surface area contributed by atoms with Gasteiger partial charge in [-0.05, 0) is 43.0 Å². The molecule has 1 saturated carbocycles. The van der Waals surface area contributed by atoms with Crippen LogP contribution >= 0.6 is 11.6 Å². The van der Waals surface area contributed by atoms with Crippen molar-refractivity contribution in [1.82, 2.24) is 10.6 Å². The Balaban J connectivity index is 1.48. The summed E-state index contributed by atoms with van der Waals surface area (Å²) in [5, 5.41) is 7.19. The first kappa shape index (κ1) is 13.9. The molecule has 5 heteroatoms. The number of hydrogen-bond acceptors (Lipinski definition) is 3. The van der Waals surface area contributed by atoms with Gasteiger partial charge in [0.05, 0.1) is 0 Å². The zero-order valence-corrected chi connectivity index (χ0v) is 12.8. The predicted molar refractivity (Wildman–Crippen MR) is 84.9 cm³/mol. The Morgan fingerprint density at radius 1 is 1.27 bits per heavy atom. The first-order valence-electron chi connectivity index (χ1n) is 7.59. The van der Waals surface area contributed by atoms with Gasteiger partial charge < -0.3 is 15.1 Å². The van der Waals surface area contributed by atoms with Crippen molar-refractivity contribution in [2.24, 2.45) is 5.92 Å². The van der Waals surface area contributed by atoms with Crippen LogP contribution in [0.4, 0.5) is 0 Å². The van der Waals surface area contributed by atoms with Crippen LogP contribution in [0.3, 0.4) is 0 Å². The van der Waals surface area contributed by atoms with E-state index in [-0.39, 0.29) is 11.9 Å². The van der Waals surface area contributed by atoms with E-state index >= 15 is 0 Å². The first-order valence-corrected chi connectivity index (χ1v) is 7.97. The molecule has 2 aromatic rings. The summed E-state index contributed by atoms with van der Waals surface area (Å²) in [6.45, 7) is 1.00. The highest BCUT2D eigenvalue weighted by molar-refractivity contribution is 6.30. The fraction of sp³-hybridized carbons (Fsp3) is 0.353. The molecular formula is C17H17ClN2O2. The van der Waals surface area contributed by atoms with Crippen molar-refractivity contribution in [3.05, 3.63) is 47.2 Å². The van der Waals surface area contributed by atoms with E-state index in [1.54, 1.807) is 6.07 Å². The molecule has 2 bridgehead atoms. The van der Waals surface area contributed by atoms with Crippen LogP contribution in [0.1, 0.15) is 23.4 Å². The highest BCUT2D eigenvalue weighted by Crippen LogP contribution is 2.31. The largest absolute Gasteiger partial charge is 0.451 e. The summed E-state index contributed by atoms with van der Waals surface area (Å²) in [6.07, 6.45) is 2.18. The minimum absolute atomic E-state index is 0.133. The van der Waals surface area contributed by atoms with Gasteiger partial charge in [0.15, 0.2) is 5.76 Å². The molecule has 4 rings (SSSR count). The van der Waals surface area contributed by atoms with E-state index in [1.807, 2.05) is 30.3 Å². The van der Waals surface area contributed by atoms with Crippen molar-refractivity contribution in [1.29, 1.82) is 0 Å². The fourth-order valence-electron chi connectivity index (χ4n) is 3.51. The second kappa shape index (κ2) is 5.45. The van der Waals surface area contributed by atoms with Gasteiger partial charge in [-0.1, -0.05) is 23.7 Å². The summed E-state index contributed by atoms with van der Waals surface area (Å²) < 4.78 is 5.69. The molecule has 1 aromatic heterocycles. The van der Waals surface area contributed by atoms with Gasteiger partial charge in [-0.25, -0.2) is 0 Å². The first-order chi connectivity index (χ1) is 10.7. The number of amides is 1. The SMILES string of the molecule is O=C(NC1CC2CC1CN2)c1ccc(-c2cccc(Cl)c2)o1. The van der Waals surface area contributed by atoms with Gasteiger partial charge in [-0.15, -0.1) is 0 Å². The predicted octanol–water partition coefficient (Wildman–Crippen LogP) is 3.08. The van der Waals surface area contributed by atoms with Crippen LogP contribution in [0.15, 0.2) is 40.8 Å². The molecule has 0 radical (unpaired) electrons. The zero-order valence-electron chi connectivity index (χ0n) is 12.0. The Morgan fingerprint density at radius 2 is 2.18 bits per heavy atom. The summed E-state index contributed by atoms with van der Waals surface area (Å²) in [5.74, 6) is 1.43. The zero-order chi connectivity index (χ0) is 15.1. The average Bonchev–Trinajstić information content (AvgIpc) is 3.23. The molecule has 1 aliphatic heterocycles. The molecule has 2 aliphatic rings. The van der Waals surface area contributed by atoms with Gasteiger partial charge in [-0.3, -0.25) is 4.79 Å². The molecule has 3 unspecified atom stereocenters. The van der Waals surface area contributed by atoms with E-state index in [4.69, 9.17) is 16.0 Å². The van der Waals surface area contributed by atoms with Crippen molar-refractivity contribution >= 4 is 17.5 Å². The quantitative estimate of drug-likeness (QED) is 0.915. The van der Waals surface area contributed by atoms with Crippen molar-refractivity contribution in [2.75, 3.05) is 6.54 Å². The van der Waals surface area contributed by atoms with E-state index in [0.29, 0.717) is 28.5 Å². The van der Waals surface area contributed by atoms with Crippen molar-refractivity contribution < 1.29 is 9.21 Å². The second-order valence-electron chi connectivity index (χ2n) is 6.09. The molecule has 2 fully saturated rings. The second-order valence-corrected chi connectivity index (χ2v) is 6.53. The number of furan rings is 1. The van der Waals surface area contributed by atoms with Gasteiger partial charge in [0.1, 0.15) is 5.76 Å². The Hall–Kier alpha value is -1.78. The minimum Gasteiger partial charge on any atom is -0.451 e. The number of benzene rings is 1. The highest BCUT2D eigenvalue weighted by Gasteiger charge is 2.40. The van der Waals surface area contributed by atoms with Crippen LogP contribution in [0, 0.1) is 5.92 Å². The monoisotopic (exact) mass is 316 g/mol. The number of halogens is 1. The van der Waals surface area contributed by atoms with Gasteiger partial charge in [-0.2, -0.15) is 0 Å². The molecule has 3 atom stereocenters. The van der Waals surface area contributed by atoms with E-state index in [2.05, 4.69) is 10.6 Å².